The van der Waals surface area contributed by atoms with Crippen LogP contribution in [-0.4, -0.2) is 42.0 Å². The number of imide groups is 1. The molecular weight excluding hydrogens is 320 g/mol. The second-order valence-corrected chi connectivity index (χ2v) is 4.57. The van der Waals surface area contributed by atoms with Gasteiger partial charge in [0.25, 0.3) is 5.91 Å². The molecule has 1 aliphatic rings. The predicted octanol–water partition coefficient (Wildman–Crippen LogP) is 2.56. The number of hydrogen-bond donors (Lipinski definition) is 1. The average Bonchev–Trinajstić information content (AvgIpc) is 2.64. The highest BCUT2D eigenvalue weighted by Gasteiger charge is 2.33. The molecule has 25 heavy (non-hydrogen) atoms. The molecule has 1 saturated heterocycles. The quantitative estimate of drug-likeness (QED) is 0.357. The van der Waals surface area contributed by atoms with Gasteiger partial charge in [0, 0.05) is 24.6 Å². The Morgan fingerprint density at radius 3 is 2.20 bits per heavy atom. The Labute approximate surface area is 150 Å². The second kappa shape index (κ2) is 13.9. The maximum atomic E-state index is 12.5. The number of carbonyl (C=O) groups excluding carboxylic acids is 4. The van der Waals surface area contributed by atoms with Crippen molar-refractivity contribution in [3.8, 4) is 0 Å². The Morgan fingerprint density at radius 1 is 1.24 bits per heavy atom. The van der Waals surface area contributed by atoms with E-state index in [1.54, 1.807) is 13.0 Å². The maximum Gasteiger partial charge on any atom is 0.254 e. The lowest BCUT2D eigenvalue weighted by Gasteiger charge is -2.30. The van der Waals surface area contributed by atoms with Crippen LogP contribution in [0.1, 0.15) is 47.5 Å². The van der Waals surface area contributed by atoms with Crippen LogP contribution in [0.15, 0.2) is 36.0 Å². The van der Waals surface area contributed by atoms with Crippen molar-refractivity contribution in [2.75, 3.05) is 7.05 Å². The van der Waals surface area contributed by atoms with Crippen LogP contribution in [0.4, 0.5) is 0 Å². The molecule has 1 aliphatic heterocycles. The molecular formula is C19H30N2O4. The molecule has 6 heteroatoms. The molecule has 0 aliphatic carbocycles. The molecule has 140 valence electrons. The third kappa shape index (κ3) is 7.28. The molecule has 1 atom stereocenters. The van der Waals surface area contributed by atoms with Crippen molar-refractivity contribution in [1.82, 2.24) is 10.2 Å². The number of nitrogens with one attached hydrogen (secondary N) is 1. The molecule has 6 nitrogen and oxygen atoms in total. The van der Waals surface area contributed by atoms with Crippen molar-refractivity contribution in [2.24, 2.45) is 0 Å². The van der Waals surface area contributed by atoms with Crippen molar-refractivity contribution in [2.45, 2.75) is 53.5 Å². The van der Waals surface area contributed by atoms with Gasteiger partial charge >= 0.3 is 0 Å². The molecule has 0 aromatic rings. The fraction of sp³-hybridized carbons (Fsp3) is 0.474. The number of carbonyl (C=O) groups is 4. The number of allylic oxidation sites excluding steroid dienone is 3. The third-order valence-electron chi connectivity index (χ3n) is 3.22. The highest BCUT2D eigenvalue weighted by molar-refractivity contribution is 6.06. The minimum atomic E-state index is -0.729. The Balaban J connectivity index is 0. The van der Waals surface area contributed by atoms with E-state index in [1.807, 2.05) is 27.7 Å². The van der Waals surface area contributed by atoms with Gasteiger partial charge in [-0.25, -0.2) is 0 Å². The zero-order valence-electron chi connectivity index (χ0n) is 16.1. The monoisotopic (exact) mass is 350 g/mol. The van der Waals surface area contributed by atoms with E-state index in [-0.39, 0.29) is 29.9 Å². The van der Waals surface area contributed by atoms with Gasteiger partial charge in [0.15, 0.2) is 6.29 Å². The number of hydrogen-bond acceptors (Lipinski definition) is 4. The van der Waals surface area contributed by atoms with E-state index in [9.17, 15) is 19.2 Å². The summed E-state index contributed by atoms with van der Waals surface area (Å²) in [6, 6.07) is -0.729. The minimum Gasteiger partial charge on any atom is -0.330 e. The largest absolute Gasteiger partial charge is 0.330 e. The lowest BCUT2D eigenvalue weighted by Crippen LogP contribution is -2.53. The Kier molecular flexibility index (Phi) is 13.8. The molecule has 1 heterocycles. The van der Waals surface area contributed by atoms with Crippen LogP contribution in [0.5, 0.6) is 0 Å². The smallest absolute Gasteiger partial charge is 0.254 e. The number of rotatable bonds is 5. The number of aldehydes is 1. The fourth-order valence-electron chi connectivity index (χ4n) is 2.06. The lowest BCUT2D eigenvalue weighted by atomic mass is 10.0. The molecule has 1 unspecified atom stereocenters. The summed E-state index contributed by atoms with van der Waals surface area (Å²) in [7, 11) is 1.47. The Hall–Kier alpha value is -2.50. The summed E-state index contributed by atoms with van der Waals surface area (Å²) in [6.07, 6.45) is 5.39. The van der Waals surface area contributed by atoms with Crippen molar-refractivity contribution in [3.05, 3.63) is 36.0 Å². The minimum absolute atomic E-state index is 0.150. The van der Waals surface area contributed by atoms with Crippen LogP contribution in [0.2, 0.25) is 0 Å². The van der Waals surface area contributed by atoms with Crippen LogP contribution >= 0.6 is 0 Å². The van der Waals surface area contributed by atoms with E-state index in [1.165, 1.54) is 24.1 Å². The summed E-state index contributed by atoms with van der Waals surface area (Å²) in [5.41, 5.74) is 0.312. The summed E-state index contributed by atoms with van der Waals surface area (Å²) in [4.78, 5) is 47.6. The van der Waals surface area contributed by atoms with E-state index in [4.69, 9.17) is 0 Å². The predicted molar refractivity (Wildman–Crippen MR) is 99.7 cm³/mol. The van der Waals surface area contributed by atoms with E-state index in [0.717, 1.165) is 0 Å². The molecule has 1 rings (SSSR count). The van der Waals surface area contributed by atoms with Crippen LogP contribution in [0.25, 0.3) is 0 Å². The highest BCUT2D eigenvalue weighted by Crippen LogP contribution is 2.16. The van der Waals surface area contributed by atoms with Gasteiger partial charge in [-0.15, -0.1) is 0 Å². The normalized spacial score (nSPS) is 17.1. The second-order valence-electron chi connectivity index (χ2n) is 4.57. The lowest BCUT2D eigenvalue weighted by molar-refractivity contribution is -0.142. The number of piperidine rings is 1. The first kappa shape index (κ1) is 24.7. The maximum absolute atomic E-state index is 12.5. The summed E-state index contributed by atoms with van der Waals surface area (Å²) in [5, 5.41) is 2.20. The van der Waals surface area contributed by atoms with Crippen LogP contribution in [-0.2, 0) is 19.2 Å². The van der Waals surface area contributed by atoms with Crippen LogP contribution in [0.3, 0.4) is 0 Å². The molecule has 3 amide bonds. The SMILES string of the molecule is C=C/C(C=O)=C(\C=C/C)C(=O)N(C)C1CCC(=O)NC1=O.CC.CC. The van der Waals surface area contributed by atoms with Crippen molar-refractivity contribution in [1.29, 1.82) is 0 Å². The summed E-state index contributed by atoms with van der Waals surface area (Å²) in [6.45, 7) is 13.2. The van der Waals surface area contributed by atoms with E-state index >= 15 is 0 Å². The zero-order chi connectivity index (χ0) is 20.0. The van der Waals surface area contributed by atoms with Crippen molar-refractivity contribution < 1.29 is 19.2 Å². The molecule has 0 aromatic carbocycles. The fourth-order valence-corrected chi connectivity index (χ4v) is 2.06. The third-order valence-corrected chi connectivity index (χ3v) is 3.22. The van der Waals surface area contributed by atoms with Gasteiger partial charge in [0.05, 0.1) is 0 Å². The van der Waals surface area contributed by atoms with Gasteiger partial charge in [0.2, 0.25) is 11.8 Å². The van der Waals surface area contributed by atoms with E-state index < -0.39 is 17.9 Å². The van der Waals surface area contributed by atoms with Gasteiger partial charge in [-0.3, -0.25) is 24.5 Å². The molecule has 1 N–H and O–H groups in total. The van der Waals surface area contributed by atoms with Gasteiger partial charge in [-0.2, -0.15) is 0 Å². The standard InChI is InChI=1S/C15H18N2O4.2C2H6/c1-4-6-11(10(5-2)9-18)15(21)17(3)12-7-8-13(19)16-14(12)20;2*1-2/h4-6,9,12H,2,7-8H2,1,3H3,(H,16,19,20);2*1-2H3/b6-4-,11-10-;;. The molecule has 0 saturated carbocycles. The topological polar surface area (TPSA) is 83.6 Å². The Morgan fingerprint density at radius 2 is 1.80 bits per heavy atom. The number of likely N-dealkylation sites (N-methyl/N-ethyl adjacent to an activating group) is 1. The highest BCUT2D eigenvalue weighted by atomic mass is 16.2. The average molecular weight is 350 g/mol. The first-order valence-electron chi connectivity index (χ1n) is 8.51. The van der Waals surface area contributed by atoms with E-state index in [2.05, 4.69) is 11.9 Å². The number of nitrogens with zero attached hydrogens (tertiary/aromatic N) is 1. The molecule has 0 aromatic heterocycles. The van der Waals surface area contributed by atoms with Crippen molar-refractivity contribution >= 4 is 24.0 Å². The van der Waals surface area contributed by atoms with Gasteiger partial charge < -0.3 is 4.90 Å². The molecule has 0 spiro atoms. The van der Waals surface area contributed by atoms with Gasteiger partial charge in [0.1, 0.15) is 6.04 Å². The summed E-state index contributed by atoms with van der Waals surface area (Å²) in [5.74, 6) is -1.32. The molecule has 0 bridgehead atoms. The van der Waals surface area contributed by atoms with E-state index in [0.29, 0.717) is 6.29 Å². The first-order chi connectivity index (χ1) is 12.0. The summed E-state index contributed by atoms with van der Waals surface area (Å²) < 4.78 is 0. The molecule has 1 fully saturated rings. The first-order valence-corrected chi connectivity index (χ1v) is 8.51. The molecule has 0 radical (unpaired) electrons. The van der Waals surface area contributed by atoms with Gasteiger partial charge in [-0.05, 0) is 13.3 Å². The van der Waals surface area contributed by atoms with Crippen LogP contribution in [0, 0.1) is 0 Å². The van der Waals surface area contributed by atoms with Crippen molar-refractivity contribution in [3.63, 3.8) is 0 Å². The Bertz CT molecular complexity index is 538. The number of amides is 3. The van der Waals surface area contributed by atoms with Gasteiger partial charge in [-0.1, -0.05) is 52.5 Å². The summed E-state index contributed by atoms with van der Waals surface area (Å²) >= 11 is 0. The zero-order valence-corrected chi connectivity index (χ0v) is 16.1. The van der Waals surface area contributed by atoms with Crippen LogP contribution < -0.4 is 5.32 Å².